The van der Waals surface area contributed by atoms with E-state index in [0.717, 1.165) is 18.8 Å². The highest BCUT2D eigenvalue weighted by molar-refractivity contribution is 5.49. The number of hydrogen-bond acceptors (Lipinski definition) is 3. The van der Waals surface area contributed by atoms with Gasteiger partial charge in [0.25, 0.3) is 0 Å². The average Bonchev–Trinajstić information content (AvgIpc) is 2.30. The zero-order valence-electron chi connectivity index (χ0n) is 10.3. The fourth-order valence-electron chi connectivity index (χ4n) is 2.65. The van der Waals surface area contributed by atoms with Crippen molar-refractivity contribution in [2.75, 3.05) is 31.6 Å². The first-order chi connectivity index (χ1) is 8.11. The number of anilines is 1. The van der Waals surface area contributed by atoms with Gasteiger partial charge in [-0.2, -0.15) is 0 Å². The van der Waals surface area contributed by atoms with Crippen molar-refractivity contribution < 1.29 is 9.50 Å². The van der Waals surface area contributed by atoms with Crippen molar-refractivity contribution in [3.8, 4) is 0 Å². The zero-order chi connectivity index (χ0) is 12.4. The van der Waals surface area contributed by atoms with Crippen LogP contribution in [0.25, 0.3) is 0 Å². The lowest BCUT2D eigenvalue weighted by Crippen LogP contribution is -2.58. The van der Waals surface area contributed by atoms with E-state index in [4.69, 9.17) is 0 Å². The Hall–Kier alpha value is -1.13. The number of halogens is 1. The van der Waals surface area contributed by atoms with Gasteiger partial charge in [0.1, 0.15) is 5.82 Å². The Labute approximate surface area is 101 Å². The number of aliphatic hydroxyl groups is 1. The third-order valence-electron chi connectivity index (χ3n) is 3.30. The van der Waals surface area contributed by atoms with E-state index in [-0.39, 0.29) is 18.5 Å². The molecule has 2 rings (SSSR count). The van der Waals surface area contributed by atoms with Gasteiger partial charge in [-0.25, -0.2) is 4.39 Å². The molecule has 1 fully saturated rings. The number of likely N-dealkylation sites (N-methyl/N-ethyl adjacent to an activating group) is 1. The van der Waals surface area contributed by atoms with Crippen LogP contribution in [0.1, 0.15) is 6.92 Å². The van der Waals surface area contributed by atoms with Crippen LogP contribution in [-0.4, -0.2) is 48.8 Å². The Morgan fingerprint density at radius 1 is 1.29 bits per heavy atom. The molecule has 0 bridgehead atoms. The van der Waals surface area contributed by atoms with E-state index in [9.17, 15) is 9.50 Å². The van der Waals surface area contributed by atoms with E-state index in [1.807, 2.05) is 0 Å². The lowest BCUT2D eigenvalue weighted by molar-refractivity contribution is 0.171. The summed E-state index contributed by atoms with van der Waals surface area (Å²) in [5.41, 5.74) is 0.978. The Morgan fingerprint density at radius 2 is 1.94 bits per heavy atom. The second-order valence-electron chi connectivity index (χ2n) is 4.79. The van der Waals surface area contributed by atoms with Crippen molar-refractivity contribution in [1.82, 2.24) is 4.90 Å². The summed E-state index contributed by atoms with van der Waals surface area (Å²) >= 11 is 0. The summed E-state index contributed by atoms with van der Waals surface area (Å²) in [6.45, 7) is 4.03. The molecule has 1 heterocycles. The van der Waals surface area contributed by atoms with Crippen molar-refractivity contribution in [2.24, 2.45) is 0 Å². The molecule has 1 aliphatic heterocycles. The lowest BCUT2D eigenvalue weighted by Gasteiger charge is -2.45. The Kier molecular flexibility index (Phi) is 3.64. The molecular weight excluding hydrogens is 219 g/mol. The third kappa shape index (κ3) is 2.58. The van der Waals surface area contributed by atoms with E-state index in [1.165, 1.54) is 12.1 Å². The summed E-state index contributed by atoms with van der Waals surface area (Å²) in [5, 5.41) is 9.47. The minimum absolute atomic E-state index is 0.0780. The Bertz CT molecular complexity index is 368. The molecule has 1 N–H and O–H groups in total. The SMILES string of the molecule is CC1CN(C)CC(CO)N1c1ccc(F)cc1. The lowest BCUT2D eigenvalue weighted by atomic mass is 10.1. The molecule has 2 atom stereocenters. The fraction of sp³-hybridized carbons (Fsp3) is 0.538. The standard InChI is InChI=1S/C13H19FN2O/c1-10-7-15(2)8-13(9-17)16(10)12-5-3-11(14)4-6-12/h3-6,10,13,17H,7-9H2,1-2H3. The maximum absolute atomic E-state index is 12.9. The smallest absolute Gasteiger partial charge is 0.123 e. The zero-order valence-corrected chi connectivity index (χ0v) is 10.3. The van der Waals surface area contributed by atoms with E-state index in [2.05, 4.69) is 23.8 Å². The van der Waals surface area contributed by atoms with Gasteiger partial charge >= 0.3 is 0 Å². The quantitative estimate of drug-likeness (QED) is 0.842. The van der Waals surface area contributed by atoms with Crippen LogP contribution in [0, 0.1) is 5.82 Å². The highest BCUT2D eigenvalue weighted by Gasteiger charge is 2.30. The third-order valence-corrected chi connectivity index (χ3v) is 3.30. The van der Waals surface area contributed by atoms with Gasteiger partial charge in [-0.15, -0.1) is 0 Å². The summed E-state index contributed by atoms with van der Waals surface area (Å²) in [6.07, 6.45) is 0. The second-order valence-corrected chi connectivity index (χ2v) is 4.79. The molecule has 1 saturated heterocycles. The molecule has 3 nitrogen and oxygen atoms in total. The Balaban J connectivity index is 2.24. The molecule has 94 valence electrons. The molecule has 17 heavy (non-hydrogen) atoms. The number of piperazine rings is 1. The predicted molar refractivity (Wildman–Crippen MR) is 66.7 cm³/mol. The van der Waals surface area contributed by atoms with Gasteiger partial charge in [0.05, 0.1) is 12.6 Å². The fourth-order valence-corrected chi connectivity index (χ4v) is 2.65. The topological polar surface area (TPSA) is 26.7 Å². The van der Waals surface area contributed by atoms with Crippen LogP contribution >= 0.6 is 0 Å². The molecule has 1 aromatic carbocycles. The van der Waals surface area contributed by atoms with Crippen molar-refractivity contribution in [3.63, 3.8) is 0 Å². The van der Waals surface area contributed by atoms with E-state index in [0.29, 0.717) is 6.04 Å². The number of benzene rings is 1. The van der Waals surface area contributed by atoms with Gasteiger partial charge in [-0.3, -0.25) is 0 Å². The molecule has 4 heteroatoms. The molecule has 0 saturated carbocycles. The molecule has 1 aliphatic rings. The van der Waals surface area contributed by atoms with Gasteiger partial charge in [-0.05, 0) is 38.2 Å². The number of nitrogens with zero attached hydrogens (tertiary/aromatic N) is 2. The predicted octanol–water partition coefficient (Wildman–Crippen LogP) is 1.33. The minimum atomic E-state index is -0.226. The van der Waals surface area contributed by atoms with Crippen LogP contribution in [0.4, 0.5) is 10.1 Å². The van der Waals surface area contributed by atoms with E-state index in [1.54, 1.807) is 12.1 Å². The van der Waals surface area contributed by atoms with Gasteiger partial charge in [-0.1, -0.05) is 0 Å². The van der Waals surface area contributed by atoms with Gasteiger partial charge in [0.15, 0.2) is 0 Å². The molecular formula is C13H19FN2O. The molecule has 1 aromatic rings. The van der Waals surface area contributed by atoms with Crippen LogP contribution in [0.5, 0.6) is 0 Å². The highest BCUT2D eigenvalue weighted by atomic mass is 19.1. The average molecular weight is 238 g/mol. The van der Waals surface area contributed by atoms with Crippen molar-refractivity contribution in [3.05, 3.63) is 30.1 Å². The Morgan fingerprint density at radius 3 is 2.53 bits per heavy atom. The molecule has 2 unspecified atom stereocenters. The van der Waals surface area contributed by atoms with E-state index >= 15 is 0 Å². The molecule has 0 aliphatic carbocycles. The second kappa shape index (κ2) is 5.02. The number of rotatable bonds is 2. The summed E-state index contributed by atoms with van der Waals surface area (Å²) in [6, 6.07) is 6.88. The van der Waals surface area contributed by atoms with Gasteiger partial charge < -0.3 is 14.9 Å². The maximum atomic E-state index is 12.9. The molecule has 0 radical (unpaired) electrons. The first-order valence-electron chi connectivity index (χ1n) is 5.95. The number of aliphatic hydroxyl groups excluding tert-OH is 1. The molecule has 0 spiro atoms. The molecule has 0 aromatic heterocycles. The van der Waals surface area contributed by atoms with Crippen LogP contribution < -0.4 is 4.90 Å². The van der Waals surface area contributed by atoms with Crippen molar-refractivity contribution >= 4 is 5.69 Å². The van der Waals surface area contributed by atoms with Crippen LogP contribution in [-0.2, 0) is 0 Å². The number of hydrogen-bond donors (Lipinski definition) is 1. The van der Waals surface area contributed by atoms with Crippen LogP contribution in [0.15, 0.2) is 24.3 Å². The maximum Gasteiger partial charge on any atom is 0.123 e. The van der Waals surface area contributed by atoms with Gasteiger partial charge in [0, 0.05) is 24.8 Å². The van der Waals surface area contributed by atoms with Crippen molar-refractivity contribution in [2.45, 2.75) is 19.0 Å². The summed E-state index contributed by atoms with van der Waals surface area (Å²) in [4.78, 5) is 4.39. The summed E-state index contributed by atoms with van der Waals surface area (Å²) in [7, 11) is 2.06. The minimum Gasteiger partial charge on any atom is -0.394 e. The highest BCUT2D eigenvalue weighted by Crippen LogP contribution is 2.24. The van der Waals surface area contributed by atoms with E-state index < -0.39 is 0 Å². The summed E-state index contributed by atoms with van der Waals surface area (Å²) in [5.74, 6) is -0.226. The van der Waals surface area contributed by atoms with Crippen molar-refractivity contribution in [1.29, 1.82) is 0 Å². The summed E-state index contributed by atoms with van der Waals surface area (Å²) < 4.78 is 12.9. The normalized spacial score (nSPS) is 26.2. The first-order valence-corrected chi connectivity index (χ1v) is 5.95. The van der Waals surface area contributed by atoms with Crippen LogP contribution in [0.3, 0.4) is 0 Å². The monoisotopic (exact) mass is 238 g/mol. The molecule has 0 amide bonds. The first kappa shape index (κ1) is 12.3. The van der Waals surface area contributed by atoms with Gasteiger partial charge in [0.2, 0.25) is 0 Å². The largest absolute Gasteiger partial charge is 0.394 e. The van der Waals surface area contributed by atoms with Crippen LogP contribution in [0.2, 0.25) is 0 Å².